The van der Waals surface area contributed by atoms with E-state index >= 15 is 0 Å². The van der Waals surface area contributed by atoms with Gasteiger partial charge in [0.1, 0.15) is 0 Å². The zero-order valence-corrected chi connectivity index (χ0v) is 6.36. The highest BCUT2D eigenvalue weighted by Crippen LogP contribution is 2.05. The minimum Gasteiger partial charge on any atom is -0.497 e. The first-order valence-corrected chi connectivity index (χ1v) is 3.66. The van der Waals surface area contributed by atoms with E-state index in [9.17, 15) is 0 Å². The topological polar surface area (TPSA) is 52.2 Å². The Morgan fingerprint density at radius 3 is 2.83 bits per heavy atom. The van der Waals surface area contributed by atoms with Crippen LogP contribution in [0.25, 0.3) is 16.3 Å². The molecule has 0 aliphatic rings. The Kier molecular flexibility index (Phi) is 1.50. The normalized spacial score (nSPS) is 9.67. The Balaban J connectivity index is 3.09. The van der Waals surface area contributed by atoms with Crippen molar-refractivity contribution in [2.24, 2.45) is 0 Å². The van der Waals surface area contributed by atoms with Gasteiger partial charge in [0, 0.05) is 0 Å². The summed E-state index contributed by atoms with van der Waals surface area (Å²) in [7, 11) is 0. The van der Waals surface area contributed by atoms with Gasteiger partial charge in [-0.05, 0) is 17.5 Å². The zero-order chi connectivity index (χ0) is 8.39. The summed E-state index contributed by atoms with van der Waals surface area (Å²) in [4.78, 5) is 5.99. The van der Waals surface area contributed by atoms with Crippen LogP contribution in [0.2, 0.25) is 0 Å². The van der Waals surface area contributed by atoms with Crippen molar-refractivity contribution in [3.63, 3.8) is 0 Å². The van der Waals surface area contributed by atoms with E-state index in [1.165, 1.54) is 0 Å². The zero-order valence-electron chi connectivity index (χ0n) is 6.36. The average molecular weight is 157 g/mol. The highest BCUT2D eigenvalue weighted by Gasteiger charge is 1.97. The number of pyridine rings is 1. The largest absolute Gasteiger partial charge is 0.497 e. The molecule has 1 N–H and O–H groups in total. The maximum Gasteiger partial charge on any atom is 0.364 e. The number of hydrogen-bond donors (Lipinski definition) is 1. The molecule has 0 aliphatic heterocycles. The highest BCUT2D eigenvalue weighted by atomic mass is 14.9. The molecule has 0 amide bonds. The van der Waals surface area contributed by atoms with Crippen molar-refractivity contribution in [3.05, 3.63) is 47.5 Å². The number of aromatic amines is 1. The van der Waals surface area contributed by atoms with E-state index in [1.807, 2.05) is 30.3 Å². The van der Waals surface area contributed by atoms with Gasteiger partial charge in [-0.1, -0.05) is 18.2 Å². The molecule has 0 fully saturated rings. The SMILES string of the molecule is [N-]=[N+]=c1[nH]ccc2ccccc12. The third kappa shape index (κ3) is 0.929. The van der Waals surface area contributed by atoms with Crippen LogP contribution in [0.15, 0.2) is 36.5 Å². The van der Waals surface area contributed by atoms with Crippen LogP contribution in [-0.4, -0.2) is 9.77 Å². The molecule has 2 aromatic rings. The third-order valence-corrected chi connectivity index (χ3v) is 1.80. The summed E-state index contributed by atoms with van der Waals surface area (Å²) in [6.07, 6.45) is 1.75. The van der Waals surface area contributed by atoms with Gasteiger partial charge in [0.2, 0.25) is 0 Å². The Labute approximate surface area is 68.9 Å². The number of fused-ring (bicyclic) bond motifs is 1. The van der Waals surface area contributed by atoms with Gasteiger partial charge in [-0.3, -0.25) is 0 Å². The van der Waals surface area contributed by atoms with E-state index in [0.29, 0.717) is 5.49 Å². The molecule has 0 spiro atoms. The first-order chi connectivity index (χ1) is 5.92. The maximum absolute atomic E-state index is 8.63. The lowest BCUT2D eigenvalue weighted by molar-refractivity contribution is -0.0693. The molecular weight excluding hydrogens is 150 g/mol. The molecule has 0 bridgehead atoms. The molecule has 1 aromatic carbocycles. The number of nitrogens with one attached hydrogen (secondary N) is 1. The molecule has 0 unspecified atom stereocenters. The average Bonchev–Trinajstić information content (AvgIpc) is 2.17. The first-order valence-electron chi connectivity index (χ1n) is 3.66. The molecule has 1 aromatic heterocycles. The van der Waals surface area contributed by atoms with Gasteiger partial charge < -0.3 is 10.3 Å². The molecule has 12 heavy (non-hydrogen) atoms. The standard InChI is InChI=1S/C9H7N3/c10-12-9-8-4-2-1-3-7(8)5-6-11-9/h1-6,11H. The quantitative estimate of drug-likeness (QED) is 0.442. The monoisotopic (exact) mass is 157 g/mol. The van der Waals surface area contributed by atoms with E-state index in [4.69, 9.17) is 5.53 Å². The summed E-state index contributed by atoms with van der Waals surface area (Å²) in [6, 6.07) is 9.66. The van der Waals surface area contributed by atoms with Crippen LogP contribution in [-0.2, 0) is 0 Å². The molecule has 0 aliphatic carbocycles. The van der Waals surface area contributed by atoms with Gasteiger partial charge in [-0.2, -0.15) is 0 Å². The van der Waals surface area contributed by atoms with Crippen molar-refractivity contribution in [2.75, 3.05) is 0 Å². The van der Waals surface area contributed by atoms with Gasteiger partial charge in [-0.25, -0.2) is 4.98 Å². The van der Waals surface area contributed by atoms with E-state index in [1.54, 1.807) is 6.20 Å². The van der Waals surface area contributed by atoms with Crippen LogP contribution in [0.4, 0.5) is 0 Å². The Morgan fingerprint density at radius 2 is 2.00 bits per heavy atom. The predicted molar refractivity (Wildman–Crippen MR) is 45.1 cm³/mol. The van der Waals surface area contributed by atoms with Crippen molar-refractivity contribution < 1.29 is 4.79 Å². The van der Waals surface area contributed by atoms with Crippen LogP contribution >= 0.6 is 0 Å². The fourth-order valence-electron chi connectivity index (χ4n) is 1.23. The van der Waals surface area contributed by atoms with Crippen molar-refractivity contribution in [2.45, 2.75) is 0 Å². The number of aromatic nitrogens is 1. The fraction of sp³-hybridized carbons (Fsp3) is 0. The number of nitrogens with zero attached hydrogens (tertiary/aromatic N) is 2. The van der Waals surface area contributed by atoms with E-state index < -0.39 is 0 Å². The molecule has 0 saturated carbocycles. The van der Waals surface area contributed by atoms with Gasteiger partial charge in [-0.15, -0.1) is 0 Å². The summed E-state index contributed by atoms with van der Waals surface area (Å²) in [6.45, 7) is 0. The molecule has 58 valence electrons. The van der Waals surface area contributed by atoms with E-state index in [0.717, 1.165) is 10.8 Å². The predicted octanol–water partition coefficient (Wildman–Crippen LogP) is 1.30. The molecule has 0 atom stereocenters. The molecule has 3 heteroatoms. The second-order valence-electron chi connectivity index (χ2n) is 2.51. The van der Waals surface area contributed by atoms with E-state index in [-0.39, 0.29) is 0 Å². The molecule has 3 nitrogen and oxygen atoms in total. The minimum absolute atomic E-state index is 0.494. The minimum atomic E-state index is 0.494. The summed E-state index contributed by atoms with van der Waals surface area (Å²) < 4.78 is 0. The van der Waals surface area contributed by atoms with Crippen LogP contribution < -0.4 is 5.49 Å². The Morgan fingerprint density at radius 1 is 1.17 bits per heavy atom. The summed E-state index contributed by atoms with van der Waals surface area (Å²) in [5.74, 6) is 0. The van der Waals surface area contributed by atoms with Crippen LogP contribution in [0.1, 0.15) is 0 Å². The lowest BCUT2D eigenvalue weighted by atomic mass is 10.2. The molecule has 0 saturated heterocycles. The van der Waals surface area contributed by atoms with Gasteiger partial charge in [0.25, 0.3) is 0 Å². The number of benzene rings is 1. The first kappa shape index (κ1) is 6.83. The maximum atomic E-state index is 8.63. The highest BCUT2D eigenvalue weighted by molar-refractivity contribution is 5.80. The van der Waals surface area contributed by atoms with Gasteiger partial charge in [0.15, 0.2) is 0 Å². The van der Waals surface area contributed by atoms with Crippen molar-refractivity contribution in [3.8, 4) is 0 Å². The second kappa shape index (κ2) is 2.64. The lowest BCUT2D eigenvalue weighted by Gasteiger charge is -1.89. The van der Waals surface area contributed by atoms with Crippen LogP contribution in [0, 0.1) is 0 Å². The summed E-state index contributed by atoms with van der Waals surface area (Å²) in [5.41, 5.74) is 9.12. The second-order valence-corrected chi connectivity index (χ2v) is 2.51. The van der Waals surface area contributed by atoms with Gasteiger partial charge in [0.05, 0.1) is 11.6 Å². The van der Waals surface area contributed by atoms with Crippen molar-refractivity contribution in [1.29, 1.82) is 0 Å². The Bertz CT molecular complexity index is 487. The molecule has 0 radical (unpaired) electrons. The van der Waals surface area contributed by atoms with Gasteiger partial charge >= 0.3 is 5.49 Å². The Hall–Kier alpha value is -1.86. The van der Waals surface area contributed by atoms with Crippen molar-refractivity contribution in [1.82, 2.24) is 4.98 Å². The van der Waals surface area contributed by atoms with Crippen molar-refractivity contribution >= 4 is 10.8 Å². The number of H-pyrrole nitrogens is 1. The van der Waals surface area contributed by atoms with Crippen LogP contribution in [0.5, 0.6) is 0 Å². The lowest BCUT2D eigenvalue weighted by Crippen LogP contribution is -2.08. The number of rotatable bonds is 0. The van der Waals surface area contributed by atoms with E-state index in [2.05, 4.69) is 9.77 Å². The van der Waals surface area contributed by atoms with Crippen LogP contribution in [0.3, 0.4) is 0 Å². The molecular formula is C9H7N3. The third-order valence-electron chi connectivity index (χ3n) is 1.80. The molecule has 2 rings (SSSR count). The molecule has 1 heterocycles. The fourth-order valence-corrected chi connectivity index (χ4v) is 1.23. The smallest absolute Gasteiger partial charge is 0.364 e. The summed E-state index contributed by atoms with van der Waals surface area (Å²) >= 11 is 0. The summed E-state index contributed by atoms with van der Waals surface area (Å²) in [5, 5.41) is 1.98. The number of hydrogen-bond acceptors (Lipinski definition) is 0.